The normalized spacial score (nSPS) is 13.2. The molecule has 0 aromatic rings. The molecular weight excluding hydrogens is 186 g/mol. The van der Waals surface area contributed by atoms with Gasteiger partial charge in [0.05, 0.1) is 13.2 Å². The smallest absolute Gasteiger partial charge is 0.0613 e. The molecule has 0 aromatic heterocycles. The Morgan fingerprint density at radius 1 is 1.23 bits per heavy atom. The minimum Gasteiger partial charge on any atom is -0.384 e. The summed E-state index contributed by atoms with van der Waals surface area (Å²) < 4.78 is 9.96. The summed E-state index contributed by atoms with van der Waals surface area (Å²) >= 11 is 1.91. The summed E-state index contributed by atoms with van der Waals surface area (Å²) in [5.41, 5.74) is 0. The molecular formula is C9H21NO2S. The van der Waals surface area contributed by atoms with Crippen molar-refractivity contribution < 1.29 is 9.47 Å². The van der Waals surface area contributed by atoms with E-state index < -0.39 is 0 Å². The second-order valence-corrected chi connectivity index (χ2v) is 4.14. The van der Waals surface area contributed by atoms with Crippen molar-refractivity contribution in [1.82, 2.24) is 5.32 Å². The third-order valence-electron chi connectivity index (χ3n) is 1.59. The molecule has 0 aliphatic carbocycles. The van der Waals surface area contributed by atoms with Crippen molar-refractivity contribution in [3.8, 4) is 0 Å². The van der Waals surface area contributed by atoms with Gasteiger partial charge in [-0.05, 0) is 6.92 Å². The van der Waals surface area contributed by atoms with Crippen LogP contribution < -0.4 is 5.32 Å². The highest BCUT2D eigenvalue weighted by molar-refractivity contribution is 7.99. The second-order valence-electron chi connectivity index (χ2n) is 2.92. The van der Waals surface area contributed by atoms with Crippen LogP contribution in [0.15, 0.2) is 0 Å². The first kappa shape index (κ1) is 13.2. The van der Waals surface area contributed by atoms with Gasteiger partial charge >= 0.3 is 0 Å². The van der Waals surface area contributed by atoms with Gasteiger partial charge in [0.25, 0.3) is 0 Å². The quantitative estimate of drug-likeness (QED) is 0.571. The molecule has 0 amide bonds. The topological polar surface area (TPSA) is 30.5 Å². The number of rotatable bonds is 9. The molecule has 3 nitrogen and oxygen atoms in total. The van der Waals surface area contributed by atoms with Gasteiger partial charge in [0.2, 0.25) is 0 Å². The molecule has 1 unspecified atom stereocenters. The number of nitrogens with one attached hydrogen (secondary N) is 1. The van der Waals surface area contributed by atoms with Crippen LogP contribution in [0.4, 0.5) is 0 Å². The fourth-order valence-corrected chi connectivity index (χ4v) is 1.68. The molecule has 0 saturated carbocycles. The maximum atomic E-state index is 5.01. The van der Waals surface area contributed by atoms with Crippen molar-refractivity contribution in [3.63, 3.8) is 0 Å². The minimum absolute atomic E-state index is 0.452. The summed E-state index contributed by atoms with van der Waals surface area (Å²) in [6.07, 6.45) is 0. The van der Waals surface area contributed by atoms with Crippen molar-refractivity contribution in [1.29, 1.82) is 0 Å². The molecule has 80 valence electrons. The average molecular weight is 207 g/mol. The molecule has 13 heavy (non-hydrogen) atoms. The Morgan fingerprint density at radius 3 is 2.62 bits per heavy atom. The van der Waals surface area contributed by atoms with Crippen LogP contribution in [-0.4, -0.2) is 51.5 Å². The van der Waals surface area contributed by atoms with Crippen molar-refractivity contribution >= 4 is 11.8 Å². The highest BCUT2D eigenvalue weighted by Gasteiger charge is 1.98. The Hall–Kier alpha value is 0.230. The zero-order chi connectivity index (χ0) is 9.94. The molecule has 1 N–H and O–H groups in total. The molecule has 4 heteroatoms. The van der Waals surface area contributed by atoms with Crippen LogP contribution >= 0.6 is 11.8 Å². The fraction of sp³-hybridized carbons (Fsp3) is 1.00. The standard InChI is InChI=1S/C9H21NO2S/c1-9(8-12-3)10-4-6-13-7-5-11-2/h9-10H,4-8H2,1-3H3. The van der Waals surface area contributed by atoms with Gasteiger partial charge in [-0.15, -0.1) is 0 Å². The zero-order valence-corrected chi connectivity index (χ0v) is 9.65. The number of hydrogen-bond donors (Lipinski definition) is 1. The van der Waals surface area contributed by atoms with E-state index in [0.717, 1.165) is 31.3 Å². The Bertz CT molecular complexity index is 104. The Kier molecular flexibility index (Phi) is 10.5. The molecule has 1 atom stereocenters. The van der Waals surface area contributed by atoms with Crippen molar-refractivity contribution in [3.05, 3.63) is 0 Å². The zero-order valence-electron chi connectivity index (χ0n) is 8.84. The number of hydrogen-bond acceptors (Lipinski definition) is 4. The summed E-state index contributed by atoms with van der Waals surface area (Å²) in [4.78, 5) is 0. The predicted octanol–water partition coefficient (Wildman–Crippen LogP) is 0.990. The SMILES string of the molecule is COCCSCCNC(C)COC. The first-order valence-corrected chi connectivity index (χ1v) is 5.75. The summed E-state index contributed by atoms with van der Waals surface area (Å²) in [6, 6.07) is 0.452. The lowest BCUT2D eigenvalue weighted by Crippen LogP contribution is -2.31. The van der Waals surface area contributed by atoms with Gasteiger partial charge in [-0.1, -0.05) is 0 Å². The lowest BCUT2D eigenvalue weighted by atomic mass is 10.4. The lowest BCUT2D eigenvalue weighted by molar-refractivity contribution is 0.173. The van der Waals surface area contributed by atoms with Crippen LogP contribution in [0, 0.1) is 0 Å². The number of methoxy groups -OCH3 is 2. The van der Waals surface area contributed by atoms with E-state index in [2.05, 4.69) is 12.2 Å². The molecule has 0 rings (SSSR count). The van der Waals surface area contributed by atoms with Crippen molar-refractivity contribution in [2.45, 2.75) is 13.0 Å². The summed E-state index contributed by atoms with van der Waals surface area (Å²) in [7, 11) is 3.46. The largest absolute Gasteiger partial charge is 0.384 e. The van der Waals surface area contributed by atoms with Gasteiger partial charge in [-0.3, -0.25) is 0 Å². The predicted molar refractivity (Wildman–Crippen MR) is 58.5 cm³/mol. The minimum atomic E-state index is 0.452. The van der Waals surface area contributed by atoms with Crippen LogP contribution in [0.3, 0.4) is 0 Å². The van der Waals surface area contributed by atoms with Gasteiger partial charge in [0.1, 0.15) is 0 Å². The van der Waals surface area contributed by atoms with Gasteiger partial charge in [0, 0.05) is 38.3 Å². The van der Waals surface area contributed by atoms with Crippen LogP contribution in [0.5, 0.6) is 0 Å². The molecule has 0 heterocycles. The van der Waals surface area contributed by atoms with E-state index in [-0.39, 0.29) is 0 Å². The monoisotopic (exact) mass is 207 g/mol. The molecule has 0 fully saturated rings. The van der Waals surface area contributed by atoms with E-state index in [0.29, 0.717) is 6.04 Å². The number of ether oxygens (including phenoxy) is 2. The summed E-state index contributed by atoms with van der Waals surface area (Å²) in [6.45, 7) is 4.79. The fourth-order valence-electron chi connectivity index (χ4n) is 0.931. The van der Waals surface area contributed by atoms with E-state index in [9.17, 15) is 0 Å². The molecule has 0 spiro atoms. The molecule has 0 radical (unpaired) electrons. The first-order chi connectivity index (χ1) is 6.31. The van der Waals surface area contributed by atoms with Crippen LogP contribution in [0.1, 0.15) is 6.92 Å². The molecule has 0 aliphatic heterocycles. The van der Waals surface area contributed by atoms with E-state index in [1.165, 1.54) is 0 Å². The first-order valence-electron chi connectivity index (χ1n) is 4.60. The van der Waals surface area contributed by atoms with Gasteiger partial charge in [0.15, 0.2) is 0 Å². The number of thioether (sulfide) groups is 1. The van der Waals surface area contributed by atoms with Gasteiger partial charge < -0.3 is 14.8 Å². The Balaban J connectivity index is 2.97. The van der Waals surface area contributed by atoms with Gasteiger partial charge in [-0.2, -0.15) is 11.8 Å². The average Bonchev–Trinajstić information content (AvgIpc) is 2.11. The second kappa shape index (κ2) is 10.3. The molecule has 0 aromatic carbocycles. The molecule has 0 aliphatic rings. The van der Waals surface area contributed by atoms with Crippen molar-refractivity contribution in [2.75, 3.05) is 45.5 Å². The summed E-state index contributed by atoms with van der Waals surface area (Å²) in [5.74, 6) is 2.22. The Labute approximate surface area is 85.6 Å². The van der Waals surface area contributed by atoms with Gasteiger partial charge in [-0.25, -0.2) is 0 Å². The lowest BCUT2D eigenvalue weighted by Gasteiger charge is -2.11. The molecule has 0 bridgehead atoms. The van der Waals surface area contributed by atoms with Crippen LogP contribution in [-0.2, 0) is 9.47 Å². The van der Waals surface area contributed by atoms with E-state index in [1.54, 1.807) is 14.2 Å². The van der Waals surface area contributed by atoms with Crippen LogP contribution in [0.2, 0.25) is 0 Å². The highest BCUT2D eigenvalue weighted by atomic mass is 32.2. The van der Waals surface area contributed by atoms with Crippen LogP contribution in [0.25, 0.3) is 0 Å². The maximum absolute atomic E-state index is 5.01. The third-order valence-corrected chi connectivity index (χ3v) is 2.54. The highest BCUT2D eigenvalue weighted by Crippen LogP contribution is 1.97. The molecule has 0 saturated heterocycles. The van der Waals surface area contributed by atoms with E-state index >= 15 is 0 Å². The van der Waals surface area contributed by atoms with E-state index in [1.807, 2.05) is 11.8 Å². The Morgan fingerprint density at radius 2 is 2.00 bits per heavy atom. The maximum Gasteiger partial charge on any atom is 0.0613 e. The van der Waals surface area contributed by atoms with Crippen molar-refractivity contribution in [2.24, 2.45) is 0 Å². The summed E-state index contributed by atoms with van der Waals surface area (Å²) in [5, 5.41) is 3.37. The third kappa shape index (κ3) is 10.1. The van der Waals surface area contributed by atoms with E-state index in [4.69, 9.17) is 9.47 Å².